The van der Waals surface area contributed by atoms with Crippen LogP contribution in [0.5, 0.6) is 0 Å². The first-order valence-corrected chi connectivity index (χ1v) is 7.23. The number of nitrogens with zero attached hydrogens (tertiary/aromatic N) is 2. The van der Waals surface area contributed by atoms with Gasteiger partial charge in [-0.1, -0.05) is 0 Å². The molecule has 0 unspecified atom stereocenters. The van der Waals surface area contributed by atoms with Crippen LogP contribution in [0.1, 0.15) is 23.2 Å². The predicted octanol–water partition coefficient (Wildman–Crippen LogP) is 1.50. The van der Waals surface area contributed by atoms with E-state index in [2.05, 4.69) is 9.80 Å². The Labute approximate surface area is 119 Å². The molecule has 1 aromatic rings. The fourth-order valence-electron chi connectivity index (χ4n) is 2.80. The van der Waals surface area contributed by atoms with Crippen LogP contribution in [-0.2, 0) is 0 Å². The van der Waals surface area contributed by atoms with Gasteiger partial charge in [-0.15, -0.1) is 0 Å². The van der Waals surface area contributed by atoms with Gasteiger partial charge >= 0.3 is 5.97 Å². The zero-order valence-electron chi connectivity index (χ0n) is 11.6. The van der Waals surface area contributed by atoms with E-state index in [1.807, 2.05) is 6.07 Å². The summed E-state index contributed by atoms with van der Waals surface area (Å²) >= 11 is 0. The van der Waals surface area contributed by atoms with Crippen LogP contribution in [0, 0.1) is 5.92 Å². The van der Waals surface area contributed by atoms with Gasteiger partial charge in [0.2, 0.25) is 0 Å². The van der Waals surface area contributed by atoms with Crippen molar-refractivity contribution >= 4 is 17.3 Å². The van der Waals surface area contributed by atoms with Gasteiger partial charge in [-0.25, -0.2) is 4.79 Å². The number of carboxylic acid groups (broad SMARTS) is 1. The number of hydrogen-bond donors (Lipinski definition) is 2. The summed E-state index contributed by atoms with van der Waals surface area (Å²) in [5, 5.41) is 8.99. The summed E-state index contributed by atoms with van der Waals surface area (Å²) in [5.74, 6) is -0.0321. The second kappa shape index (κ2) is 5.32. The van der Waals surface area contributed by atoms with Crippen molar-refractivity contribution in [3.8, 4) is 0 Å². The van der Waals surface area contributed by atoms with E-state index < -0.39 is 5.97 Å². The highest BCUT2D eigenvalue weighted by atomic mass is 16.4. The lowest BCUT2D eigenvalue weighted by atomic mass is 10.1. The van der Waals surface area contributed by atoms with Crippen LogP contribution in [0.15, 0.2) is 18.2 Å². The number of piperazine rings is 1. The van der Waals surface area contributed by atoms with Crippen molar-refractivity contribution < 1.29 is 9.90 Å². The summed E-state index contributed by atoms with van der Waals surface area (Å²) in [6.07, 6.45) is 2.79. The Morgan fingerprint density at radius 1 is 1.25 bits per heavy atom. The van der Waals surface area contributed by atoms with Gasteiger partial charge in [-0.05, 0) is 37.0 Å². The molecule has 2 aliphatic rings. The van der Waals surface area contributed by atoms with E-state index in [0.29, 0.717) is 5.69 Å². The van der Waals surface area contributed by atoms with Gasteiger partial charge in [-0.2, -0.15) is 0 Å². The minimum Gasteiger partial charge on any atom is -0.478 e. The van der Waals surface area contributed by atoms with Crippen LogP contribution in [0.2, 0.25) is 0 Å². The number of benzene rings is 1. The maximum Gasteiger partial charge on any atom is 0.337 e. The van der Waals surface area contributed by atoms with E-state index in [0.717, 1.165) is 37.8 Å². The molecular weight excluding hydrogens is 254 g/mol. The van der Waals surface area contributed by atoms with Gasteiger partial charge in [0.05, 0.1) is 5.56 Å². The summed E-state index contributed by atoms with van der Waals surface area (Å²) in [5.41, 5.74) is 7.36. The normalized spacial score (nSPS) is 20.1. The fourth-order valence-corrected chi connectivity index (χ4v) is 2.80. The van der Waals surface area contributed by atoms with Crippen LogP contribution in [0.4, 0.5) is 11.4 Å². The standard InChI is InChI=1S/C15H21N3O2/c16-14-9-12(3-4-13(14)15(19)20)18-7-5-17(6-8-18)10-11-1-2-11/h3-4,9,11H,1-2,5-8,10,16H2,(H,19,20). The number of aromatic carboxylic acids is 1. The lowest BCUT2D eigenvalue weighted by molar-refractivity contribution is 0.0698. The summed E-state index contributed by atoms with van der Waals surface area (Å²) in [6.45, 7) is 5.37. The molecule has 1 saturated heterocycles. The second-order valence-electron chi connectivity index (χ2n) is 5.81. The molecule has 108 valence electrons. The molecule has 1 aliphatic heterocycles. The van der Waals surface area contributed by atoms with Crippen LogP contribution in [0.25, 0.3) is 0 Å². The quantitative estimate of drug-likeness (QED) is 0.815. The summed E-state index contributed by atoms with van der Waals surface area (Å²) in [6, 6.07) is 5.24. The minimum atomic E-state index is -0.969. The zero-order chi connectivity index (χ0) is 14.1. The molecule has 3 rings (SSSR count). The van der Waals surface area contributed by atoms with Gasteiger partial charge < -0.3 is 15.7 Å². The van der Waals surface area contributed by atoms with E-state index in [1.165, 1.54) is 19.4 Å². The molecule has 0 radical (unpaired) electrons. The first kappa shape index (κ1) is 13.2. The summed E-state index contributed by atoms with van der Waals surface area (Å²) in [4.78, 5) is 15.8. The van der Waals surface area contributed by atoms with Crippen molar-refractivity contribution in [2.24, 2.45) is 5.92 Å². The van der Waals surface area contributed by atoms with E-state index in [-0.39, 0.29) is 5.56 Å². The number of rotatable bonds is 4. The first-order valence-electron chi connectivity index (χ1n) is 7.23. The Morgan fingerprint density at radius 3 is 2.50 bits per heavy atom. The van der Waals surface area contributed by atoms with Crippen LogP contribution in [0.3, 0.4) is 0 Å². The van der Waals surface area contributed by atoms with Crippen molar-refractivity contribution in [2.45, 2.75) is 12.8 Å². The Kier molecular flexibility index (Phi) is 3.53. The van der Waals surface area contributed by atoms with Gasteiger partial charge in [0, 0.05) is 44.1 Å². The molecule has 1 aromatic carbocycles. The number of nitrogens with two attached hydrogens (primary N) is 1. The maximum atomic E-state index is 11.0. The molecule has 0 bridgehead atoms. The molecule has 1 saturated carbocycles. The number of hydrogen-bond acceptors (Lipinski definition) is 4. The number of anilines is 2. The highest BCUT2D eigenvalue weighted by molar-refractivity contribution is 5.94. The Morgan fingerprint density at radius 2 is 1.95 bits per heavy atom. The molecule has 3 N–H and O–H groups in total. The molecule has 5 heteroatoms. The third-order valence-corrected chi connectivity index (χ3v) is 4.22. The third-order valence-electron chi connectivity index (χ3n) is 4.22. The van der Waals surface area contributed by atoms with Crippen LogP contribution in [-0.4, -0.2) is 48.7 Å². The molecular formula is C15H21N3O2. The average molecular weight is 275 g/mol. The Hall–Kier alpha value is -1.75. The molecule has 0 aromatic heterocycles. The lowest BCUT2D eigenvalue weighted by Gasteiger charge is -2.36. The Bertz CT molecular complexity index is 506. The SMILES string of the molecule is Nc1cc(N2CCN(CC3CC3)CC2)ccc1C(=O)O. The second-order valence-corrected chi connectivity index (χ2v) is 5.81. The highest BCUT2D eigenvalue weighted by Crippen LogP contribution is 2.30. The van der Waals surface area contributed by atoms with Gasteiger partial charge in [0.15, 0.2) is 0 Å². The van der Waals surface area contributed by atoms with Crippen molar-refractivity contribution in [1.82, 2.24) is 4.90 Å². The van der Waals surface area contributed by atoms with E-state index in [9.17, 15) is 4.79 Å². The van der Waals surface area contributed by atoms with Crippen molar-refractivity contribution in [2.75, 3.05) is 43.4 Å². The molecule has 0 spiro atoms. The van der Waals surface area contributed by atoms with Crippen molar-refractivity contribution in [3.05, 3.63) is 23.8 Å². The Balaban J connectivity index is 1.62. The van der Waals surface area contributed by atoms with Crippen molar-refractivity contribution in [1.29, 1.82) is 0 Å². The summed E-state index contributed by atoms with van der Waals surface area (Å²) in [7, 11) is 0. The molecule has 0 atom stereocenters. The van der Waals surface area contributed by atoms with E-state index in [4.69, 9.17) is 10.8 Å². The van der Waals surface area contributed by atoms with Crippen LogP contribution >= 0.6 is 0 Å². The first-order chi connectivity index (χ1) is 9.63. The number of carboxylic acids is 1. The van der Waals surface area contributed by atoms with Crippen LogP contribution < -0.4 is 10.6 Å². The smallest absolute Gasteiger partial charge is 0.337 e. The maximum absolute atomic E-state index is 11.0. The van der Waals surface area contributed by atoms with Crippen molar-refractivity contribution in [3.63, 3.8) is 0 Å². The molecule has 0 amide bonds. The van der Waals surface area contributed by atoms with E-state index >= 15 is 0 Å². The highest BCUT2D eigenvalue weighted by Gasteiger charge is 2.26. The summed E-state index contributed by atoms with van der Waals surface area (Å²) < 4.78 is 0. The van der Waals surface area contributed by atoms with E-state index in [1.54, 1.807) is 12.1 Å². The lowest BCUT2D eigenvalue weighted by Crippen LogP contribution is -2.47. The fraction of sp³-hybridized carbons (Fsp3) is 0.533. The molecule has 2 fully saturated rings. The van der Waals surface area contributed by atoms with Gasteiger partial charge in [0.1, 0.15) is 0 Å². The molecule has 5 nitrogen and oxygen atoms in total. The van der Waals surface area contributed by atoms with Gasteiger partial charge in [0.25, 0.3) is 0 Å². The number of carbonyl (C=O) groups is 1. The minimum absolute atomic E-state index is 0.182. The largest absolute Gasteiger partial charge is 0.478 e. The third kappa shape index (κ3) is 2.88. The zero-order valence-corrected chi connectivity index (χ0v) is 11.6. The molecule has 20 heavy (non-hydrogen) atoms. The number of nitrogen functional groups attached to an aromatic ring is 1. The molecule has 1 aliphatic carbocycles. The molecule has 1 heterocycles. The van der Waals surface area contributed by atoms with Gasteiger partial charge in [-0.3, -0.25) is 4.90 Å². The monoisotopic (exact) mass is 275 g/mol. The predicted molar refractivity (Wildman–Crippen MR) is 79.2 cm³/mol. The average Bonchev–Trinajstić information content (AvgIpc) is 3.23. The topological polar surface area (TPSA) is 69.8 Å².